The minimum Gasteiger partial charge on any atom is -0.465 e. The number of carbonyl (C=O) groups excluding carboxylic acids is 1. The SMILES string of the molecule is COC(=O)c1c2cccccc-2c(F)c1C. The highest BCUT2D eigenvalue weighted by atomic mass is 19.1. The second kappa shape index (κ2) is 3.93. The summed E-state index contributed by atoms with van der Waals surface area (Å²) in [6.07, 6.45) is 0. The average molecular weight is 218 g/mol. The van der Waals surface area contributed by atoms with Crippen LogP contribution >= 0.6 is 0 Å². The monoisotopic (exact) mass is 218 g/mol. The van der Waals surface area contributed by atoms with Crippen LogP contribution in [0.25, 0.3) is 11.1 Å². The molecule has 0 fully saturated rings. The van der Waals surface area contributed by atoms with Crippen LogP contribution in [-0.4, -0.2) is 13.1 Å². The Morgan fingerprint density at radius 1 is 1.19 bits per heavy atom. The van der Waals surface area contributed by atoms with Crippen molar-refractivity contribution >= 4 is 5.97 Å². The van der Waals surface area contributed by atoms with Gasteiger partial charge in [-0.1, -0.05) is 30.3 Å². The average Bonchev–Trinajstić information content (AvgIpc) is 2.50. The van der Waals surface area contributed by atoms with Crippen LogP contribution in [0.4, 0.5) is 4.39 Å². The van der Waals surface area contributed by atoms with Crippen molar-refractivity contribution < 1.29 is 13.9 Å². The molecule has 0 spiro atoms. The molecule has 3 heteroatoms. The van der Waals surface area contributed by atoms with Gasteiger partial charge in [0.25, 0.3) is 0 Å². The number of carbonyl (C=O) groups is 1. The maximum absolute atomic E-state index is 13.9. The first-order valence-electron chi connectivity index (χ1n) is 4.92. The number of halogens is 1. The van der Waals surface area contributed by atoms with Gasteiger partial charge in [-0.25, -0.2) is 9.18 Å². The molecule has 0 N–H and O–H groups in total. The van der Waals surface area contributed by atoms with Gasteiger partial charge in [0.05, 0.1) is 12.7 Å². The third-order valence-electron chi connectivity index (χ3n) is 2.64. The predicted molar refractivity (Wildman–Crippen MR) is 59.1 cm³/mol. The Labute approximate surface area is 93.0 Å². The summed E-state index contributed by atoms with van der Waals surface area (Å²) in [5.74, 6) is -0.857. The molecule has 2 rings (SSSR count). The fourth-order valence-electron chi connectivity index (χ4n) is 1.84. The van der Waals surface area contributed by atoms with Gasteiger partial charge in [-0.2, -0.15) is 0 Å². The fraction of sp³-hybridized carbons (Fsp3) is 0.154. The van der Waals surface area contributed by atoms with Gasteiger partial charge in [0, 0.05) is 11.1 Å². The van der Waals surface area contributed by atoms with Gasteiger partial charge in [-0.15, -0.1) is 0 Å². The van der Waals surface area contributed by atoms with Gasteiger partial charge in [0.15, 0.2) is 0 Å². The molecule has 0 aromatic heterocycles. The van der Waals surface area contributed by atoms with E-state index >= 15 is 0 Å². The summed E-state index contributed by atoms with van der Waals surface area (Å²) < 4.78 is 18.5. The van der Waals surface area contributed by atoms with Crippen LogP contribution in [0.2, 0.25) is 0 Å². The third-order valence-corrected chi connectivity index (χ3v) is 2.64. The van der Waals surface area contributed by atoms with Crippen molar-refractivity contribution in [3.63, 3.8) is 0 Å². The van der Waals surface area contributed by atoms with Gasteiger partial charge in [0.2, 0.25) is 0 Å². The van der Waals surface area contributed by atoms with Crippen molar-refractivity contribution in [1.82, 2.24) is 0 Å². The Bertz CT molecular complexity index is 520. The molecule has 2 aliphatic carbocycles. The topological polar surface area (TPSA) is 26.3 Å². The van der Waals surface area contributed by atoms with E-state index in [4.69, 9.17) is 0 Å². The quantitative estimate of drug-likeness (QED) is 0.688. The summed E-state index contributed by atoms with van der Waals surface area (Å²) in [5.41, 5.74) is 1.69. The van der Waals surface area contributed by atoms with E-state index in [1.807, 2.05) is 0 Å². The Morgan fingerprint density at radius 3 is 2.44 bits per heavy atom. The van der Waals surface area contributed by atoms with Crippen LogP contribution in [0.15, 0.2) is 30.3 Å². The molecule has 0 aliphatic heterocycles. The number of methoxy groups -OCH3 is 1. The summed E-state index contributed by atoms with van der Waals surface area (Å²) >= 11 is 0. The van der Waals surface area contributed by atoms with Gasteiger partial charge in [-0.05, 0) is 12.5 Å². The molecule has 0 heterocycles. The van der Waals surface area contributed by atoms with E-state index in [1.165, 1.54) is 7.11 Å². The van der Waals surface area contributed by atoms with Gasteiger partial charge in [0.1, 0.15) is 5.82 Å². The summed E-state index contributed by atoms with van der Waals surface area (Å²) in [6, 6.07) is 8.68. The van der Waals surface area contributed by atoms with E-state index in [1.54, 1.807) is 37.3 Å². The zero-order chi connectivity index (χ0) is 11.7. The molecule has 2 aliphatic rings. The van der Waals surface area contributed by atoms with Crippen LogP contribution < -0.4 is 0 Å². The predicted octanol–water partition coefficient (Wildman–Crippen LogP) is 3.03. The van der Waals surface area contributed by atoms with Crippen molar-refractivity contribution in [2.24, 2.45) is 0 Å². The standard InChI is InChI=1S/C13H11FO2/c1-8-11(13(15)16-2)9-6-4-3-5-7-10(9)12(8)14/h3-7H,1-2H3. The summed E-state index contributed by atoms with van der Waals surface area (Å²) in [7, 11) is 1.29. The van der Waals surface area contributed by atoms with Crippen molar-refractivity contribution in [2.75, 3.05) is 7.11 Å². The number of esters is 1. The number of hydrogen-bond donors (Lipinski definition) is 0. The first kappa shape index (κ1) is 10.6. The van der Waals surface area contributed by atoms with Crippen molar-refractivity contribution in [3.8, 4) is 11.1 Å². The Balaban J connectivity index is 2.78. The maximum Gasteiger partial charge on any atom is 0.338 e. The number of fused-ring (bicyclic) bond motifs is 1. The number of hydrogen-bond acceptors (Lipinski definition) is 2. The smallest absolute Gasteiger partial charge is 0.338 e. The second-order valence-corrected chi connectivity index (χ2v) is 3.54. The van der Waals surface area contributed by atoms with Crippen LogP contribution in [-0.2, 0) is 4.74 Å². The molecule has 0 aromatic carbocycles. The van der Waals surface area contributed by atoms with Crippen molar-refractivity contribution in [3.05, 3.63) is 47.3 Å². The third kappa shape index (κ3) is 1.45. The minimum atomic E-state index is -0.502. The molecule has 0 unspecified atom stereocenters. The highest BCUT2D eigenvalue weighted by molar-refractivity contribution is 6.00. The molecular formula is C13H11FO2. The largest absolute Gasteiger partial charge is 0.465 e. The molecular weight excluding hydrogens is 207 g/mol. The maximum atomic E-state index is 13.9. The summed E-state index contributed by atoms with van der Waals surface area (Å²) in [6.45, 7) is 1.58. The Morgan fingerprint density at radius 2 is 1.81 bits per heavy atom. The molecule has 16 heavy (non-hydrogen) atoms. The first-order chi connectivity index (χ1) is 7.66. The lowest BCUT2D eigenvalue weighted by Crippen LogP contribution is -2.02. The van der Waals surface area contributed by atoms with Crippen LogP contribution in [0.5, 0.6) is 0 Å². The van der Waals surface area contributed by atoms with Crippen LogP contribution in [0.3, 0.4) is 0 Å². The summed E-state index contributed by atoms with van der Waals surface area (Å²) in [4.78, 5) is 11.6. The van der Waals surface area contributed by atoms with E-state index in [0.717, 1.165) is 0 Å². The molecule has 0 amide bonds. The number of ether oxygens (including phenoxy) is 1. The summed E-state index contributed by atoms with van der Waals surface area (Å²) in [5, 5.41) is 0. The van der Waals surface area contributed by atoms with E-state index < -0.39 is 5.97 Å². The highest BCUT2D eigenvalue weighted by Crippen LogP contribution is 2.34. The molecule has 2 nitrogen and oxygen atoms in total. The highest BCUT2D eigenvalue weighted by Gasteiger charge is 2.24. The molecule has 0 atom stereocenters. The Hall–Kier alpha value is -1.90. The molecule has 0 aromatic rings. The molecule has 0 saturated carbocycles. The molecule has 82 valence electrons. The van der Waals surface area contributed by atoms with Gasteiger partial charge in [-0.3, -0.25) is 0 Å². The van der Waals surface area contributed by atoms with Crippen molar-refractivity contribution in [2.45, 2.75) is 6.92 Å². The van der Waals surface area contributed by atoms with Crippen molar-refractivity contribution in [1.29, 1.82) is 0 Å². The molecule has 0 saturated heterocycles. The zero-order valence-electron chi connectivity index (χ0n) is 9.08. The normalized spacial score (nSPS) is 10.4. The van der Waals surface area contributed by atoms with Gasteiger partial charge < -0.3 is 4.74 Å². The Kier molecular flexibility index (Phi) is 2.60. The van der Waals surface area contributed by atoms with E-state index in [2.05, 4.69) is 4.74 Å². The lowest BCUT2D eigenvalue weighted by Gasteiger charge is -1.99. The second-order valence-electron chi connectivity index (χ2n) is 3.54. The molecule has 0 radical (unpaired) electrons. The minimum absolute atomic E-state index is 0.311. The fourth-order valence-corrected chi connectivity index (χ4v) is 1.84. The lowest BCUT2D eigenvalue weighted by molar-refractivity contribution is 0.0601. The zero-order valence-corrected chi connectivity index (χ0v) is 9.08. The van der Waals surface area contributed by atoms with Crippen LogP contribution in [0.1, 0.15) is 15.9 Å². The first-order valence-corrected chi connectivity index (χ1v) is 4.92. The number of rotatable bonds is 1. The van der Waals surface area contributed by atoms with Gasteiger partial charge >= 0.3 is 5.97 Å². The van der Waals surface area contributed by atoms with E-state index in [-0.39, 0.29) is 5.82 Å². The van der Waals surface area contributed by atoms with Crippen LogP contribution in [0, 0.1) is 12.7 Å². The van der Waals surface area contributed by atoms with E-state index in [0.29, 0.717) is 22.3 Å². The lowest BCUT2D eigenvalue weighted by atomic mass is 10.1. The molecule has 0 bridgehead atoms. The van der Waals surface area contributed by atoms with E-state index in [9.17, 15) is 9.18 Å².